The Bertz CT molecular complexity index is 755. The quantitative estimate of drug-likeness (QED) is 0.216. The van der Waals surface area contributed by atoms with E-state index in [1.807, 2.05) is 0 Å². The number of ether oxygens (including phenoxy) is 4. The summed E-state index contributed by atoms with van der Waals surface area (Å²) in [6.07, 6.45) is 0. The zero-order valence-electron chi connectivity index (χ0n) is 16.2. The molecule has 4 N–H and O–H groups in total. The molecule has 1 aromatic carbocycles. The Morgan fingerprint density at radius 2 is 1.72 bits per heavy atom. The van der Waals surface area contributed by atoms with E-state index in [-0.39, 0.29) is 35.3 Å². The molecule has 2 rings (SSSR count). The maximum Gasteiger partial charge on any atom is 0.332 e. The van der Waals surface area contributed by atoms with E-state index < -0.39 is 28.8 Å². The fourth-order valence-corrected chi connectivity index (χ4v) is 3.56. The molecular formula is C18H25NO9S. The van der Waals surface area contributed by atoms with E-state index in [0.717, 1.165) is 17.8 Å². The van der Waals surface area contributed by atoms with Crippen molar-refractivity contribution in [1.29, 1.82) is 0 Å². The number of methoxy groups -OCH3 is 1. The van der Waals surface area contributed by atoms with Crippen LogP contribution in [0.15, 0.2) is 11.1 Å². The first-order valence-electron chi connectivity index (χ1n) is 8.81. The minimum atomic E-state index is -1.38. The zero-order valence-corrected chi connectivity index (χ0v) is 17.0. The van der Waals surface area contributed by atoms with Crippen LogP contribution in [0.5, 0.6) is 23.0 Å². The van der Waals surface area contributed by atoms with Gasteiger partial charge in [-0.15, -0.1) is 11.8 Å². The monoisotopic (exact) mass is 431 g/mol. The van der Waals surface area contributed by atoms with Gasteiger partial charge in [0.15, 0.2) is 28.5 Å². The molecule has 0 fully saturated rings. The van der Waals surface area contributed by atoms with Gasteiger partial charge in [0, 0.05) is 18.9 Å². The molecule has 0 saturated heterocycles. The predicted octanol–water partition coefficient (Wildman–Crippen LogP) is 1.20. The number of nitrogens with zero attached hydrogens (tertiary/aromatic N) is 1. The van der Waals surface area contributed by atoms with Gasteiger partial charge in [-0.1, -0.05) is 0 Å². The second-order valence-electron chi connectivity index (χ2n) is 6.32. The highest BCUT2D eigenvalue weighted by molar-refractivity contribution is 8.14. The second-order valence-corrected chi connectivity index (χ2v) is 7.28. The number of thioether (sulfide) groups is 1. The Hall–Kier alpha value is -2.21. The van der Waals surface area contributed by atoms with Crippen molar-refractivity contribution >= 4 is 22.8 Å². The lowest BCUT2D eigenvalue weighted by Gasteiger charge is -2.14. The van der Waals surface area contributed by atoms with Gasteiger partial charge in [-0.2, -0.15) is 0 Å². The average molecular weight is 431 g/mol. The summed E-state index contributed by atoms with van der Waals surface area (Å²) < 4.78 is 20.9. The van der Waals surface area contributed by atoms with Crippen LogP contribution in [0.2, 0.25) is 0 Å². The topological polar surface area (TPSA) is 147 Å². The minimum Gasteiger partial charge on any atom is -0.504 e. The Labute approximate surface area is 172 Å². The van der Waals surface area contributed by atoms with Crippen LogP contribution >= 0.6 is 11.8 Å². The summed E-state index contributed by atoms with van der Waals surface area (Å²) in [6.45, 7) is 3.44. The Morgan fingerprint density at radius 1 is 1.10 bits per heavy atom. The Balaban J connectivity index is 1.98. The van der Waals surface area contributed by atoms with E-state index in [1.165, 1.54) is 6.92 Å². The third kappa shape index (κ3) is 5.89. The number of carboxylic acids is 1. The molecule has 1 aromatic rings. The van der Waals surface area contributed by atoms with Gasteiger partial charge >= 0.3 is 5.97 Å². The van der Waals surface area contributed by atoms with E-state index in [0.29, 0.717) is 26.4 Å². The average Bonchev–Trinajstić information content (AvgIpc) is 3.08. The molecule has 11 heteroatoms. The van der Waals surface area contributed by atoms with E-state index in [2.05, 4.69) is 4.99 Å². The van der Waals surface area contributed by atoms with Gasteiger partial charge in [0.2, 0.25) is 0 Å². The first kappa shape index (κ1) is 23.1. The molecule has 162 valence electrons. The number of aliphatic carboxylic acids is 1. The molecule has 1 aliphatic rings. The summed E-state index contributed by atoms with van der Waals surface area (Å²) in [5.41, 5.74) is -1.55. The van der Waals surface area contributed by atoms with E-state index in [1.54, 1.807) is 7.11 Å². The maximum atomic E-state index is 11.4. The number of carboxylic acid groups (broad SMARTS) is 1. The molecule has 1 atom stereocenters. The number of carbonyl (C=O) groups is 1. The SMILES string of the molecule is COCCOCCOCCOc1cc(O)c(O)c(C2=N[C@@](C)(C(=O)O)CS2)c1O. The standard InChI is InChI=1S/C18H25NO9S/c1-18(17(23)24)10-29-16(19-18)13-14(21)11(20)9-12(15(13)22)28-8-7-27-6-5-26-4-3-25-2/h9,20-22H,3-8,10H2,1-2H3,(H,23,24)/t18-/m1/s1. The van der Waals surface area contributed by atoms with Crippen LogP contribution in [0.25, 0.3) is 0 Å². The van der Waals surface area contributed by atoms with Crippen LogP contribution in [0.3, 0.4) is 0 Å². The molecule has 0 aromatic heterocycles. The van der Waals surface area contributed by atoms with Crippen molar-refractivity contribution in [3.8, 4) is 23.0 Å². The van der Waals surface area contributed by atoms with Crippen molar-refractivity contribution in [1.82, 2.24) is 0 Å². The molecular weight excluding hydrogens is 406 g/mol. The van der Waals surface area contributed by atoms with E-state index in [9.17, 15) is 25.2 Å². The van der Waals surface area contributed by atoms with E-state index >= 15 is 0 Å². The third-order valence-electron chi connectivity index (χ3n) is 4.02. The zero-order chi connectivity index (χ0) is 21.4. The third-order valence-corrected chi connectivity index (χ3v) is 5.29. The van der Waals surface area contributed by atoms with Gasteiger partial charge in [0.1, 0.15) is 11.7 Å². The Morgan fingerprint density at radius 3 is 2.31 bits per heavy atom. The van der Waals surface area contributed by atoms with Crippen molar-refractivity contribution in [2.24, 2.45) is 4.99 Å². The number of hydrogen-bond donors (Lipinski definition) is 4. The van der Waals surface area contributed by atoms with Gasteiger partial charge in [0.05, 0.1) is 38.6 Å². The van der Waals surface area contributed by atoms with Crippen molar-refractivity contribution in [3.05, 3.63) is 11.6 Å². The summed E-state index contributed by atoms with van der Waals surface area (Å²) >= 11 is 1.05. The highest BCUT2D eigenvalue weighted by Gasteiger charge is 2.40. The Kier molecular flexibility index (Phi) is 8.38. The molecule has 0 bridgehead atoms. The van der Waals surface area contributed by atoms with Crippen molar-refractivity contribution in [3.63, 3.8) is 0 Å². The molecule has 0 unspecified atom stereocenters. The number of hydrogen-bond acceptors (Lipinski definition) is 10. The molecule has 0 saturated carbocycles. The van der Waals surface area contributed by atoms with Crippen LogP contribution in [0, 0.1) is 0 Å². The first-order valence-corrected chi connectivity index (χ1v) is 9.80. The fourth-order valence-electron chi connectivity index (χ4n) is 2.35. The maximum absolute atomic E-state index is 11.4. The normalized spacial score (nSPS) is 18.6. The fraction of sp³-hybridized carbons (Fsp3) is 0.556. The predicted molar refractivity (Wildman–Crippen MR) is 105 cm³/mol. The molecule has 0 spiro atoms. The number of phenols is 3. The smallest absolute Gasteiger partial charge is 0.332 e. The summed E-state index contributed by atoms with van der Waals surface area (Å²) in [6, 6.07) is 1.07. The lowest BCUT2D eigenvalue weighted by atomic mass is 10.1. The highest BCUT2D eigenvalue weighted by Crippen LogP contribution is 2.46. The minimum absolute atomic E-state index is 0.0712. The number of aliphatic imine (C=N–C) groups is 1. The number of phenolic OH excluding ortho intramolecular Hbond substituents is 3. The van der Waals surface area contributed by atoms with Crippen LogP contribution in [0.4, 0.5) is 0 Å². The van der Waals surface area contributed by atoms with Gasteiger partial charge in [0.25, 0.3) is 0 Å². The second kappa shape index (κ2) is 10.5. The number of rotatable bonds is 12. The van der Waals surface area contributed by atoms with Gasteiger partial charge in [-0.3, -0.25) is 4.99 Å². The highest BCUT2D eigenvalue weighted by atomic mass is 32.2. The molecule has 0 radical (unpaired) electrons. The van der Waals surface area contributed by atoms with Gasteiger partial charge in [-0.25, -0.2) is 4.79 Å². The van der Waals surface area contributed by atoms with Crippen molar-refractivity contribution in [2.45, 2.75) is 12.5 Å². The van der Waals surface area contributed by atoms with Crippen LogP contribution in [-0.2, 0) is 19.0 Å². The first-order chi connectivity index (χ1) is 13.8. The van der Waals surface area contributed by atoms with Crippen LogP contribution in [0.1, 0.15) is 12.5 Å². The van der Waals surface area contributed by atoms with Crippen LogP contribution < -0.4 is 4.74 Å². The van der Waals surface area contributed by atoms with Crippen molar-refractivity contribution < 1.29 is 44.2 Å². The summed E-state index contributed by atoms with van der Waals surface area (Å²) in [5.74, 6) is -2.64. The van der Waals surface area contributed by atoms with Gasteiger partial charge in [-0.05, 0) is 6.92 Å². The summed E-state index contributed by atoms with van der Waals surface area (Å²) in [7, 11) is 1.59. The lowest BCUT2D eigenvalue weighted by molar-refractivity contribution is -0.141. The largest absolute Gasteiger partial charge is 0.504 e. The van der Waals surface area contributed by atoms with Gasteiger partial charge < -0.3 is 39.4 Å². The molecule has 0 amide bonds. The summed E-state index contributed by atoms with van der Waals surface area (Å²) in [5, 5.41) is 40.0. The number of aromatic hydroxyl groups is 3. The summed E-state index contributed by atoms with van der Waals surface area (Å²) in [4.78, 5) is 15.4. The number of benzene rings is 1. The lowest BCUT2D eigenvalue weighted by Crippen LogP contribution is -2.33. The van der Waals surface area contributed by atoms with Crippen LogP contribution in [-0.4, -0.2) is 89.5 Å². The molecule has 1 heterocycles. The van der Waals surface area contributed by atoms with E-state index in [4.69, 9.17) is 18.9 Å². The van der Waals surface area contributed by atoms with Crippen molar-refractivity contribution in [2.75, 3.05) is 52.5 Å². The molecule has 29 heavy (non-hydrogen) atoms. The molecule has 0 aliphatic carbocycles. The molecule has 10 nitrogen and oxygen atoms in total. The molecule has 1 aliphatic heterocycles.